The molecule has 0 spiro atoms. The summed E-state index contributed by atoms with van der Waals surface area (Å²) in [5.74, 6) is 0.00146. The second kappa shape index (κ2) is 7.46. The Morgan fingerprint density at radius 1 is 1.17 bits per heavy atom. The average molecular weight is 396 g/mol. The fourth-order valence-corrected chi connectivity index (χ4v) is 4.90. The monoisotopic (exact) mass is 395 g/mol. The molecule has 2 atom stereocenters. The van der Waals surface area contributed by atoms with Crippen LogP contribution in [0.5, 0.6) is 0 Å². The van der Waals surface area contributed by atoms with Crippen LogP contribution >= 0.6 is 0 Å². The van der Waals surface area contributed by atoms with E-state index in [1.807, 2.05) is 23.2 Å². The van der Waals surface area contributed by atoms with Crippen molar-refractivity contribution in [1.82, 2.24) is 26.4 Å². The van der Waals surface area contributed by atoms with Crippen LogP contribution in [0.15, 0.2) is 42.1 Å². The standard InChI is InChI=1S/C22H29N5O2/c28-19-12-18(16-6-10-23-11-7-16)27-20(25-19)17(14-24-27)21(29)26-22(8-9-22)13-15-4-2-1-3-5-15/h1-5,12,16-17,20,23-24H,6-11,13-14H2,(H,25,28)(H,26,29). The lowest BCUT2D eigenvalue weighted by molar-refractivity contribution is -0.128. The summed E-state index contributed by atoms with van der Waals surface area (Å²) in [7, 11) is 0. The number of rotatable bonds is 5. The molecule has 3 fully saturated rings. The molecule has 1 aliphatic carbocycles. The van der Waals surface area contributed by atoms with Crippen LogP contribution in [0, 0.1) is 11.8 Å². The van der Waals surface area contributed by atoms with E-state index in [1.54, 1.807) is 6.08 Å². The number of carbonyl (C=O) groups is 2. The number of hydrazine groups is 1. The summed E-state index contributed by atoms with van der Waals surface area (Å²) >= 11 is 0. The third-order valence-electron chi connectivity index (χ3n) is 6.71. The van der Waals surface area contributed by atoms with Gasteiger partial charge in [-0.15, -0.1) is 0 Å². The molecule has 0 bridgehead atoms. The fraction of sp³-hybridized carbons (Fsp3) is 0.545. The van der Waals surface area contributed by atoms with Crippen molar-refractivity contribution < 1.29 is 9.59 Å². The molecule has 1 saturated carbocycles. The number of nitrogens with one attached hydrogen (secondary N) is 4. The third-order valence-corrected chi connectivity index (χ3v) is 6.71. The lowest BCUT2D eigenvalue weighted by Crippen LogP contribution is -2.56. The molecule has 154 valence electrons. The molecule has 2 amide bonds. The molecule has 0 radical (unpaired) electrons. The quantitative estimate of drug-likeness (QED) is 0.588. The highest BCUT2D eigenvalue weighted by molar-refractivity contribution is 5.91. The number of piperidine rings is 1. The van der Waals surface area contributed by atoms with Gasteiger partial charge < -0.3 is 16.0 Å². The summed E-state index contributed by atoms with van der Waals surface area (Å²) in [4.78, 5) is 25.6. The maximum Gasteiger partial charge on any atom is 0.247 e. The van der Waals surface area contributed by atoms with Gasteiger partial charge in [0.15, 0.2) is 0 Å². The van der Waals surface area contributed by atoms with E-state index in [1.165, 1.54) is 5.56 Å². The number of allylic oxidation sites excluding steroid dienone is 1. The van der Waals surface area contributed by atoms with Crippen molar-refractivity contribution >= 4 is 11.8 Å². The molecule has 4 N–H and O–H groups in total. The van der Waals surface area contributed by atoms with E-state index in [-0.39, 0.29) is 29.4 Å². The molecule has 7 heteroatoms. The van der Waals surface area contributed by atoms with Crippen molar-refractivity contribution in [3.63, 3.8) is 0 Å². The minimum atomic E-state index is -0.315. The van der Waals surface area contributed by atoms with Gasteiger partial charge in [0.1, 0.15) is 6.17 Å². The third kappa shape index (κ3) is 3.76. The smallest absolute Gasteiger partial charge is 0.247 e. The number of amides is 2. The van der Waals surface area contributed by atoms with Gasteiger partial charge in [0, 0.05) is 29.8 Å². The Balaban J connectivity index is 1.27. The van der Waals surface area contributed by atoms with Crippen molar-refractivity contribution in [2.24, 2.45) is 11.8 Å². The van der Waals surface area contributed by atoms with E-state index in [2.05, 4.69) is 33.5 Å². The van der Waals surface area contributed by atoms with Gasteiger partial charge >= 0.3 is 0 Å². The molecule has 7 nitrogen and oxygen atoms in total. The molecule has 29 heavy (non-hydrogen) atoms. The second-order valence-electron chi connectivity index (χ2n) is 8.82. The average Bonchev–Trinajstić information content (AvgIpc) is 3.34. The molecule has 3 aliphatic heterocycles. The Hall–Kier alpha value is -2.38. The SMILES string of the molecule is O=C1C=C(C2CCNCC2)N2NCC(C(=O)NC3(Cc4ccccc4)CC3)C2N1. The van der Waals surface area contributed by atoms with Gasteiger partial charge in [0.05, 0.1) is 5.92 Å². The van der Waals surface area contributed by atoms with Gasteiger partial charge in [0.25, 0.3) is 0 Å². The molecule has 2 saturated heterocycles. The van der Waals surface area contributed by atoms with E-state index in [4.69, 9.17) is 0 Å². The summed E-state index contributed by atoms with van der Waals surface area (Å²) in [6.45, 7) is 2.47. The maximum atomic E-state index is 13.2. The molecule has 5 rings (SSSR count). The van der Waals surface area contributed by atoms with Gasteiger partial charge in [-0.05, 0) is 50.8 Å². The van der Waals surface area contributed by atoms with Crippen LogP contribution in [0.3, 0.4) is 0 Å². The van der Waals surface area contributed by atoms with Crippen molar-refractivity contribution in [3.05, 3.63) is 47.7 Å². The number of hydrogen-bond donors (Lipinski definition) is 4. The van der Waals surface area contributed by atoms with Crippen molar-refractivity contribution in [1.29, 1.82) is 0 Å². The maximum absolute atomic E-state index is 13.2. The summed E-state index contributed by atoms with van der Waals surface area (Å²) < 4.78 is 0. The van der Waals surface area contributed by atoms with Crippen LogP contribution in [0.1, 0.15) is 31.2 Å². The Morgan fingerprint density at radius 3 is 2.66 bits per heavy atom. The lowest BCUT2D eigenvalue weighted by Gasteiger charge is -2.39. The van der Waals surface area contributed by atoms with E-state index in [0.29, 0.717) is 12.5 Å². The van der Waals surface area contributed by atoms with Crippen LogP contribution in [-0.2, 0) is 16.0 Å². The topological polar surface area (TPSA) is 85.5 Å². The molecule has 0 aromatic heterocycles. The largest absolute Gasteiger partial charge is 0.350 e. The first-order valence-corrected chi connectivity index (χ1v) is 10.8. The van der Waals surface area contributed by atoms with Crippen LogP contribution in [0.4, 0.5) is 0 Å². The van der Waals surface area contributed by atoms with Gasteiger partial charge in [-0.1, -0.05) is 30.3 Å². The molecule has 3 heterocycles. The Kier molecular flexibility index (Phi) is 4.80. The molecular formula is C22H29N5O2. The Bertz CT molecular complexity index is 814. The highest BCUT2D eigenvalue weighted by atomic mass is 16.2. The zero-order valence-corrected chi connectivity index (χ0v) is 16.6. The predicted molar refractivity (Wildman–Crippen MR) is 109 cm³/mol. The zero-order chi connectivity index (χ0) is 19.8. The molecular weight excluding hydrogens is 366 g/mol. The number of hydrogen-bond acceptors (Lipinski definition) is 5. The van der Waals surface area contributed by atoms with Crippen LogP contribution in [-0.4, -0.2) is 48.2 Å². The highest BCUT2D eigenvalue weighted by Gasteiger charge is 2.49. The van der Waals surface area contributed by atoms with E-state index in [0.717, 1.165) is 50.9 Å². The molecule has 1 aromatic carbocycles. The first-order chi connectivity index (χ1) is 14.1. The van der Waals surface area contributed by atoms with Gasteiger partial charge in [-0.25, -0.2) is 5.43 Å². The summed E-state index contributed by atoms with van der Waals surface area (Å²) in [6.07, 6.45) is 6.30. The number of carbonyl (C=O) groups excluding carboxylic acids is 2. The van der Waals surface area contributed by atoms with Gasteiger partial charge in [0.2, 0.25) is 11.8 Å². The number of fused-ring (bicyclic) bond motifs is 1. The predicted octanol–water partition coefficient (Wildman–Crippen LogP) is 0.654. The molecule has 2 unspecified atom stereocenters. The van der Waals surface area contributed by atoms with Crippen LogP contribution in [0.25, 0.3) is 0 Å². The van der Waals surface area contributed by atoms with E-state index in [9.17, 15) is 9.59 Å². The lowest BCUT2D eigenvalue weighted by atomic mass is 9.92. The molecule has 4 aliphatic rings. The first-order valence-electron chi connectivity index (χ1n) is 10.8. The minimum Gasteiger partial charge on any atom is -0.350 e. The number of benzene rings is 1. The Labute approximate surface area is 171 Å². The first kappa shape index (κ1) is 18.6. The summed E-state index contributed by atoms with van der Waals surface area (Å²) in [5, 5.41) is 11.7. The summed E-state index contributed by atoms with van der Waals surface area (Å²) in [6, 6.07) is 10.3. The van der Waals surface area contributed by atoms with Gasteiger partial charge in [-0.3, -0.25) is 14.6 Å². The van der Waals surface area contributed by atoms with Crippen molar-refractivity contribution in [3.8, 4) is 0 Å². The minimum absolute atomic E-state index is 0.0327. The fourth-order valence-electron chi connectivity index (χ4n) is 4.90. The van der Waals surface area contributed by atoms with Crippen molar-refractivity contribution in [2.75, 3.05) is 19.6 Å². The summed E-state index contributed by atoms with van der Waals surface area (Å²) in [5.41, 5.74) is 5.53. The van der Waals surface area contributed by atoms with Crippen LogP contribution < -0.4 is 21.4 Å². The normalized spacial score (nSPS) is 28.3. The van der Waals surface area contributed by atoms with Crippen molar-refractivity contribution in [2.45, 2.75) is 43.8 Å². The number of nitrogens with zero attached hydrogens (tertiary/aromatic N) is 1. The van der Waals surface area contributed by atoms with E-state index >= 15 is 0 Å². The molecule has 1 aromatic rings. The Morgan fingerprint density at radius 2 is 1.93 bits per heavy atom. The van der Waals surface area contributed by atoms with Gasteiger partial charge in [-0.2, -0.15) is 0 Å². The second-order valence-corrected chi connectivity index (χ2v) is 8.82. The van der Waals surface area contributed by atoms with Crippen LogP contribution in [0.2, 0.25) is 0 Å². The highest BCUT2D eigenvalue weighted by Crippen LogP contribution is 2.39. The van der Waals surface area contributed by atoms with E-state index < -0.39 is 0 Å². The zero-order valence-electron chi connectivity index (χ0n) is 16.6.